The van der Waals surface area contributed by atoms with E-state index in [1.54, 1.807) is 6.07 Å². The van der Waals surface area contributed by atoms with E-state index in [0.29, 0.717) is 5.92 Å². The summed E-state index contributed by atoms with van der Waals surface area (Å²) in [6, 6.07) is 14.5. The molecule has 0 amide bonds. The molecular weight excluding hydrogens is 355 g/mol. The number of hydrogen-bond donors (Lipinski definition) is 0. The Morgan fingerprint density at radius 2 is 1.48 bits per heavy atom. The van der Waals surface area contributed by atoms with Crippen LogP contribution in [0.3, 0.4) is 0 Å². The van der Waals surface area contributed by atoms with Gasteiger partial charge in [-0.05, 0) is 73.1 Å². The molecule has 0 heterocycles. The fourth-order valence-corrected chi connectivity index (χ4v) is 4.93. The van der Waals surface area contributed by atoms with Crippen LogP contribution in [-0.2, 0) is 6.42 Å². The average molecular weight is 395 g/mol. The van der Waals surface area contributed by atoms with E-state index in [0.717, 1.165) is 35.4 Å². The molecule has 0 saturated heterocycles. The molecule has 2 aromatic rings. The van der Waals surface area contributed by atoms with Gasteiger partial charge in [-0.2, -0.15) is 0 Å². The zero-order valence-corrected chi connectivity index (χ0v) is 18.6. The normalized spacial score (nSPS) is 19.4. The van der Waals surface area contributed by atoms with Crippen molar-refractivity contribution in [3.8, 4) is 11.1 Å². The minimum absolute atomic E-state index is 0.0839. The first-order valence-corrected chi connectivity index (χ1v) is 12.1. The number of halogens is 1. The molecule has 1 aliphatic carbocycles. The zero-order valence-electron chi connectivity index (χ0n) is 18.6. The van der Waals surface area contributed by atoms with Crippen LogP contribution >= 0.6 is 0 Å². The quantitative estimate of drug-likeness (QED) is 0.352. The molecule has 0 aromatic heterocycles. The Labute approximate surface area is 177 Å². The summed E-state index contributed by atoms with van der Waals surface area (Å²) in [5, 5.41) is 0. The molecule has 1 saturated carbocycles. The van der Waals surface area contributed by atoms with Gasteiger partial charge in [0.05, 0.1) is 0 Å². The number of rotatable bonds is 10. The molecule has 0 N–H and O–H groups in total. The fraction of sp³-hybridized carbons (Fsp3) is 0.571. The molecule has 1 aliphatic rings. The fourth-order valence-electron chi connectivity index (χ4n) is 4.93. The molecule has 1 heteroatoms. The second kappa shape index (κ2) is 11.5. The summed E-state index contributed by atoms with van der Waals surface area (Å²) >= 11 is 0. The van der Waals surface area contributed by atoms with Crippen LogP contribution in [0.5, 0.6) is 0 Å². The third-order valence-electron chi connectivity index (χ3n) is 6.86. The van der Waals surface area contributed by atoms with E-state index in [-0.39, 0.29) is 5.82 Å². The Balaban J connectivity index is 1.56. The molecule has 158 valence electrons. The van der Waals surface area contributed by atoms with Crippen LogP contribution in [0.1, 0.15) is 102 Å². The molecular formula is C28H39F. The number of aryl methyl sites for hydroxylation is 1. The monoisotopic (exact) mass is 394 g/mol. The number of benzene rings is 2. The predicted octanol–water partition coefficient (Wildman–Crippen LogP) is 9.08. The number of hydrogen-bond acceptors (Lipinski definition) is 0. The van der Waals surface area contributed by atoms with Gasteiger partial charge in [0, 0.05) is 5.56 Å². The van der Waals surface area contributed by atoms with E-state index in [9.17, 15) is 4.39 Å². The summed E-state index contributed by atoms with van der Waals surface area (Å²) in [5.41, 5.74) is 4.29. The summed E-state index contributed by atoms with van der Waals surface area (Å²) in [4.78, 5) is 0. The smallest absolute Gasteiger partial charge is 0.131 e. The highest BCUT2D eigenvalue weighted by atomic mass is 19.1. The van der Waals surface area contributed by atoms with Crippen LogP contribution in [0, 0.1) is 11.7 Å². The van der Waals surface area contributed by atoms with Gasteiger partial charge in [-0.25, -0.2) is 4.39 Å². The minimum atomic E-state index is -0.0839. The topological polar surface area (TPSA) is 0 Å². The summed E-state index contributed by atoms with van der Waals surface area (Å²) in [7, 11) is 0. The van der Waals surface area contributed by atoms with Gasteiger partial charge in [-0.3, -0.25) is 0 Å². The molecule has 3 rings (SSSR count). The van der Waals surface area contributed by atoms with Crippen molar-refractivity contribution in [2.24, 2.45) is 5.92 Å². The number of unbranched alkanes of at least 4 members (excludes halogenated alkanes) is 4. The standard InChI is InChI=1S/C28H39F/c1-3-5-7-9-22-11-14-24(15-12-22)25-16-18-26(19-17-25)27-20-13-23(21-28(27)29)10-8-6-4-2/h13,16-22,24H,3-12,14-15H2,1-2H3. The Kier molecular flexibility index (Phi) is 8.77. The maximum atomic E-state index is 14.7. The van der Waals surface area contributed by atoms with Gasteiger partial charge in [0.1, 0.15) is 5.82 Å². The van der Waals surface area contributed by atoms with Crippen LogP contribution in [0.25, 0.3) is 11.1 Å². The molecule has 2 aromatic carbocycles. The summed E-state index contributed by atoms with van der Waals surface area (Å²) in [6.45, 7) is 4.49. The Morgan fingerprint density at radius 3 is 2.14 bits per heavy atom. The van der Waals surface area contributed by atoms with E-state index in [1.807, 2.05) is 6.07 Å². The van der Waals surface area contributed by atoms with E-state index < -0.39 is 0 Å². The van der Waals surface area contributed by atoms with Gasteiger partial charge in [-0.1, -0.05) is 88.8 Å². The highest BCUT2D eigenvalue weighted by Crippen LogP contribution is 2.38. The van der Waals surface area contributed by atoms with Crippen LogP contribution < -0.4 is 0 Å². The lowest BCUT2D eigenvalue weighted by atomic mass is 9.77. The Morgan fingerprint density at radius 1 is 0.793 bits per heavy atom. The van der Waals surface area contributed by atoms with E-state index >= 15 is 0 Å². The van der Waals surface area contributed by atoms with Crippen molar-refractivity contribution < 1.29 is 4.39 Å². The van der Waals surface area contributed by atoms with Crippen molar-refractivity contribution in [1.29, 1.82) is 0 Å². The lowest BCUT2D eigenvalue weighted by Crippen LogP contribution is -2.13. The molecule has 0 bridgehead atoms. The molecule has 0 atom stereocenters. The van der Waals surface area contributed by atoms with Crippen LogP contribution in [-0.4, -0.2) is 0 Å². The summed E-state index contributed by atoms with van der Waals surface area (Å²) in [5.74, 6) is 1.55. The highest BCUT2D eigenvalue weighted by molar-refractivity contribution is 5.65. The van der Waals surface area contributed by atoms with Gasteiger partial charge in [0.2, 0.25) is 0 Å². The van der Waals surface area contributed by atoms with E-state index in [2.05, 4.69) is 44.2 Å². The molecule has 0 unspecified atom stereocenters. The SMILES string of the molecule is CCCCCc1ccc(-c2ccc(C3CCC(CCCCC)CC3)cc2)c(F)c1. The largest absolute Gasteiger partial charge is 0.206 e. The minimum Gasteiger partial charge on any atom is -0.206 e. The molecule has 1 fully saturated rings. The molecule has 0 aliphatic heterocycles. The highest BCUT2D eigenvalue weighted by Gasteiger charge is 2.22. The average Bonchev–Trinajstić information content (AvgIpc) is 2.75. The van der Waals surface area contributed by atoms with Crippen molar-refractivity contribution in [3.63, 3.8) is 0 Å². The van der Waals surface area contributed by atoms with Gasteiger partial charge < -0.3 is 0 Å². The first kappa shape index (κ1) is 22.1. The third-order valence-corrected chi connectivity index (χ3v) is 6.86. The van der Waals surface area contributed by atoms with Crippen LogP contribution in [0.2, 0.25) is 0 Å². The first-order valence-electron chi connectivity index (χ1n) is 12.1. The Bertz CT molecular complexity index is 722. The first-order chi connectivity index (χ1) is 14.2. The van der Waals surface area contributed by atoms with Crippen molar-refractivity contribution in [2.75, 3.05) is 0 Å². The van der Waals surface area contributed by atoms with E-state index in [4.69, 9.17) is 0 Å². The second-order valence-electron chi connectivity index (χ2n) is 9.11. The molecule has 0 spiro atoms. The maximum Gasteiger partial charge on any atom is 0.131 e. The van der Waals surface area contributed by atoms with Crippen LogP contribution in [0.4, 0.5) is 4.39 Å². The summed E-state index contributed by atoms with van der Waals surface area (Å²) < 4.78 is 14.7. The lowest BCUT2D eigenvalue weighted by molar-refractivity contribution is 0.303. The predicted molar refractivity (Wildman–Crippen MR) is 124 cm³/mol. The van der Waals surface area contributed by atoms with Crippen LogP contribution in [0.15, 0.2) is 42.5 Å². The molecule has 0 radical (unpaired) electrons. The van der Waals surface area contributed by atoms with Gasteiger partial charge in [-0.15, -0.1) is 0 Å². The van der Waals surface area contributed by atoms with Gasteiger partial charge in [0.25, 0.3) is 0 Å². The molecule has 29 heavy (non-hydrogen) atoms. The third kappa shape index (κ3) is 6.43. The second-order valence-corrected chi connectivity index (χ2v) is 9.11. The van der Waals surface area contributed by atoms with Gasteiger partial charge in [0.15, 0.2) is 0 Å². The van der Waals surface area contributed by atoms with Crippen molar-refractivity contribution in [3.05, 3.63) is 59.4 Å². The van der Waals surface area contributed by atoms with Gasteiger partial charge >= 0.3 is 0 Å². The Hall–Kier alpha value is -1.63. The zero-order chi connectivity index (χ0) is 20.5. The van der Waals surface area contributed by atoms with Crippen molar-refractivity contribution in [2.45, 2.75) is 96.8 Å². The van der Waals surface area contributed by atoms with Crippen molar-refractivity contribution in [1.82, 2.24) is 0 Å². The van der Waals surface area contributed by atoms with E-state index in [1.165, 1.54) is 69.8 Å². The lowest BCUT2D eigenvalue weighted by Gasteiger charge is -2.29. The maximum absolute atomic E-state index is 14.7. The molecule has 0 nitrogen and oxygen atoms in total. The van der Waals surface area contributed by atoms with Crippen molar-refractivity contribution >= 4 is 0 Å². The summed E-state index contributed by atoms with van der Waals surface area (Å²) in [6.07, 6.45) is 15.5.